The van der Waals surface area contributed by atoms with Gasteiger partial charge in [-0.2, -0.15) is 0 Å². The summed E-state index contributed by atoms with van der Waals surface area (Å²) in [7, 11) is 0. The monoisotopic (exact) mass is 6990 g/mol. The molecule has 0 aromatic carbocycles. The number of rotatable bonds is 0. The predicted molar refractivity (Wildman–Crippen MR) is 0 cm³/mol. The van der Waals surface area contributed by atoms with E-state index < -0.39 is 0 Å². The number of hydrogen-bond acceptors (Lipinski definition) is 0. The first-order valence-electron chi connectivity index (χ1n) is 0. The van der Waals surface area contributed by atoms with E-state index in [9.17, 15) is 0 Å². The largest absolute Gasteiger partial charge is 0 e. The van der Waals surface area contributed by atoms with E-state index in [-0.39, 0.29) is 1700 Å². The first kappa shape index (κ1) is 312. The summed E-state index contributed by atoms with van der Waals surface area (Å²) in [6, 6.07) is 0. The zero-order valence-electron chi connectivity index (χ0n) is 14.7. The standard InChI is InChI=1S/44Tb. The fraction of sp³-hybridized carbons (Fsp3) is 0. The van der Waals surface area contributed by atoms with E-state index in [1.807, 2.05) is 0 Å². The van der Waals surface area contributed by atoms with Crippen LogP contribution in [0.25, 0.3) is 0 Å². The third-order valence-corrected chi connectivity index (χ3v) is 0. The molecule has 0 fully saturated rings. The maximum absolute atomic E-state index is 0. The molecule has 44 heteroatoms. The van der Waals surface area contributed by atoms with Crippen molar-refractivity contribution in [1.82, 2.24) is 0 Å². The van der Waals surface area contributed by atoms with Crippen LogP contribution in [0.5, 0.6) is 0 Å². The van der Waals surface area contributed by atoms with Crippen molar-refractivity contribution in [2.75, 3.05) is 0 Å². The molecule has 0 spiro atoms. The van der Waals surface area contributed by atoms with E-state index in [2.05, 4.69) is 0 Å². The summed E-state index contributed by atoms with van der Waals surface area (Å²) in [6.45, 7) is 0. The Balaban J connectivity index is 0. The van der Waals surface area contributed by atoms with Gasteiger partial charge in [-0.05, 0) is 0 Å². The van der Waals surface area contributed by atoms with Gasteiger partial charge in [-0.15, -0.1) is 0 Å². The fourth-order valence-corrected chi connectivity index (χ4v) is 0. The van der Waals surface area contributed by atoms with Crippen LogP contribution in [0.2, 0.25) is 0 Å². The average Bonchev–Trinajstić information content (AvgIpc) is 0. The van der Waals surface area contributed by atoms with Gasteiger partial charge in [0, 0.05) is 1700 Å². The zero-order chi connectivity index (χ0) is 0. The Kier molecular flexibility index (Phi) is 2140. The second-order valence-corrected chi connectivity index (χ2v) is 0. The molecule has 44 heavy (non-hydrogen) atoms. The molecule has 0 heterocycles. The normalized spacial score (nSPS) is 0. The van der Waals surface area contributed by atoms with E-state index in [1.165, 1.54) is 0 Å². The molecule has 0 saturated carbocycles. The van der Waals surface area contributed by atoms with E-state index in [4.69, 9.17) is 0 Å². The summed E-state index contributed by atoms with van der Waals surface area (Å²) in [4.78, 5) is 0. The molecule has 0 unspecified atom stereocenters. The van der Waals surface area contributed by atoms with Crippen LogP contribution in [0.15, 0.2) is 0 Å². The first-order chi connectivity index (χ1) is 0. The van der Waals surface area contributed by atoms with Crippen molar-refractivity contribution in [3.05, 3.63) is 0 Å². The summed E-state index contributed by atoms with van der Waals surface area (Å²) < 4.78 is 0. The molecule has 0 aromatic rings. The Hall–Kier alpha value is 56.6. The van der Waals surface area contributed by atoms with Crippen molar-refractivity contribution < 1.29 is 1700 Å². The molecule has 0 nitrogen and oxygen atoms in total. The van der Waals surface area contributed by atoms with Crippen LogP contribution in [0.4, 0.5) is 0 Å². The summed E-state index contributed by atoms with van der Waals surface area (Å²) in [5, 5.41) is 0. The third-order valence-electron chi connectivity index (χ3n) is 0. The van der Waals surface area contributed by atoms with Crippen LogP contribution in [0.1, 0.15) is 0 Å². The maximum Gasteiger partial charge on any atom is 0 e. The molecule has 44 radical (unpaired) electrons. The Morgan fingerprint density at radius 1 is 0.0227 bits per heavy atom. The van der Waals surface area contributed by atoms with Gasteiger partial charge in [0.15, 0.2) is 0 Å². The van der Waals surface area contributed by atoms with Gasteiger partial charge in [-0.25, -0.2) is 0 Å². The van der Waals surface area contributed by atoms with E-state index >= 15 is 0 Å². The molecule has 0 saturated heterocycles. The minimum atomic E-state index is 0. The Morgan fingerprint density at radius 3 is 0.0227 bits per heavy atom. The van der Waals surface area contributed by atoms with Crippen LogP contribution < -0.4 is 0 Å². The van der Waals surface area contributed by atoms with Gasteiger partial charge in [-0.3, -0.25) is 0 Å². The molecule has 0 bridgehead atoms. The second-order valence-electron chi connectivity index (χ2n) is 0. The van der Waals surface area contributed by atoms with Crippen molar-refractivity contribution in [2.24, 2.45) is 0 Å². The molecule has 0 aliphatic heterocycles. The van der Waals surface area contributed by atoms with Gasteiger partial charge in [0.05, 0.1) is 0 Å². The second kappa shape index (κ2) is 302. The predicted octanol–water partition coefficient (Wildman–Crippen LogP) is 0. The third kappa shape index (κ3) is 293. The zero-order valence-corrected chi connectivity index (χ0v) is 109. The van der Waals surface area contributed by atoms with Gasteiger partial charge in [0.2, 0.25) is 0 Å². The molecule has 0 aliphatic rings. The maximum atomic E-state index is 0. The van der Waals surface area contributed by atoms with Crippen molar-refractivity contribution in [3.8, 4) is 0 Å². The van der Waals surface area contributed by atoms with Crippen molar-refractivity contribution in [3.63, 3.8) is 0 Å². The van der Waals surface area contributed by atoms with Crippen molar-refractivity contribution >= 4 is 0 Å². The van der Waals surface area contributed by atoms with Crippen molar-refractivity contribution in [1.29, 1.82) is 0 Å². The van der Waals surface area contributed by atoms with E-state index in [1.54, 1.807) is 0 Å². The Labute approximate surface area is 1630 Å². The van der Waals surface area contributed by atoms with Crippen LogP contribution in [-0.2, 0) is 0 Å². The Bertz CT molecular complexity index is 0. The van der Waals surface area contributed by atoms with E-state index in [0.717, 1.165) is 0 Å². The smallest absolute Gasteiger partial charge is 0 e. The molecule has 0 atom stereocenters. The molecule has 0 amide bonds. The summed E-state index contributed by atoms with van der Waals surface area (Å²) in [5.41, 5.74) is 0. The number of hydrogen-bond donors (Lipinski definition) is 0. The fourth-order valence-electron chi connectivity index (χ4n) is 0. The minimum absolute atomic E-state index is 0. The van der Waals surface area contributed by atoms with Gasteiger partial charge < -0.3 is 0 Å². The average molecular weight is 6990 g/mol. The summed E-state index contributed by atoms with van der Waals surface area (Å²) in [6.07, 6.45) is 0. The van der Waals surface area contributed by atoms with Crippen LogP contribution in [-0.4, -0.2) is 0 Å². The molecule has 0 aliphatic carbocycles. The van der Waals surface area contributed by atoms with Crippen LogP contribution in [0, 0.1) is 1700 Å². The first-order valence-corrected chi connectivity index (χ1v) is 0. The topological polar surface area (TPSA) is 0 Å². The summed E-state index contributed by atoms with van der Waals surface area (Å²) >= 11 is 0. The van der Waals surface area contributed by atoms with Gasteiger partial charge in [0.25, 0.3) is 0 Å². The minimum Gasteiger partial charge on any atom is 0 e. The molecule has 0 N–H and O–H groups in total. The molecular weight excluding hydrogens is 6990 g/mol. The summed E-state index contributed by atoms with van der Waals surface area (Å²) in [5.74, 6) is 0. The molecule has 0 aromatic heterocycles. The van der Waals surface area contributed by atoms with Crippen LogP contribution >= 0.6 is 0 Å². The molecule has 396 valence electrons. The van der Waals surface area contributed by atoms with Crippen LogP contribution in [0.3, 0.4) is 0 Å². The van der Waals surface area contributed by atoms with Gasteiger partial charge in [0.1, 0.15) is 0 Å². The Morgan fingerprint density at radius 2 is 0.0227 bits per heavy atom. The quantitative estimate of drug-likeness (QED) is 0.321. The van der Waals surface area contributed by atoms with Gasteiger partial charge in [-0.1, -0.05) is 0 Å². The van der Waals surface area contributed by atoms with E-state index in [0.29, 0.717) is 0 Å². The van der Waals surface area contributed by atoms with Crippen molar-refractivity contribution in [2.45, 2.75) is 0 Å². The molecular formula is Tb44. The van der Waals surface area contributed by atoms with Gasteiger partial charge >= 0.3 is 0 Å². The SMILES string of the molecule is [Tb].[Tb].[Tb].[Tb].[Tb].[Tb].[Tb].[Tb].[Tb].[Tb].[Tb].[Tb].[Tb].[Tb].[Tb].[Tb].[Tb].[Tb].[Tb].[Tb].[Tb].[Tb].[Tb].[Tb].[Tb].[Tb].[Tb].[Tb].[Tb].[Tb].[Tb].[Tb].[Tb].[Tb].[Tb].[Tb].[Tb].[Tb].[Tb].[Tb].[Tb].[Tb].[Tb].[Tb]. The molecule has 0 rings (SSSR count).